The molecule has 3 aromatic rings. The van der Waals surface area contributed by atoms with Gasteiger partial charge in [-0.25, -0.2) is 0 Å². The highest BCUT2D eigenvalue weighted by atomic mass is 16.6. The Balaban J connectivity index is 1.68. The molecule has 0 aliphatic carbocycles. The second kappa shape index (κ2) is 8.86. The number of hydrogen-bond acceptors (Lipinski definition) is 7. The average molecular weight is 426 g/mol. The fourth-order valence-electron chi connectivity index (χ4n) is 3.06. The normalized spacial score (nSPS) is 11.7. The summed E-state index contributed by atoms with van der Waals surface area (Å²) in [5.41, 5.74) is 3.39. The second-order valence-electron chi connectivity index (χ2n) is 7.13. The van der Waals surface area contributed by atoms with Gasteiger partial charge in [-0.05, 0) is 50.1 Å². The highest BCUT2D eigenvalue weighted by Crippen LogP contribution is 2.29. The van der Waals surface area contributed by atoms with Crippen LogP contribution in [0.2, 0.25) is 0 Å². The Morgan fingerprint density at radius 2 is 1.90 bits per heavy atom. The van der Waals surface area contributed by atoms with Gasteiger partial charge in [-0.15, -0.1) is 0 Å². The second-order valence-corrected chi connectivity index (χ2v) is 7.13. The standard InChI is InChI=1S/C22H22N2O7/c1-12-7-17-15(11-30-20(17)8-13(12)2)9-21(25)31-14(3)22(26)23-18-10-16(24(27)28)5-6-19(18)29-4/h5-8,10-11,14H,9H2,1-4H3,(H,23,26). The number of carbonyl (C=O) groups is 2. The fourth-order valence-corrected chi connectivity index (χ4v) is 3.06. The maximum Gasteiger partial charge on any atom is 0.311 e. The monoisotopic (exact) mass is 426 g/mol. The first kappa shape index (κ1) is 21.8. The number of anilines is 1. The first-order valence-corrected chi connectivity index (χ1v) is 9.49. The molecule has 1 amide bonds. The number of nitrogens with one attached hydrogen (secondary N) is 1. The summed E-state index contributed by atoms with van der Waals surface area (Å²) in [5, 5.41) is 14.3. The minimum absolute atomic E-state index is 0.0623. The third-order valence-electron chi connectivity index (χ3n) is 4.93. The van der Waals surface area contributed by atoms with Crippen LogP contribution in [0, 0.1) is 24.0 Å². The SMILES string of the molecule is COc1ccc([N+](=O)[O-])cc1NC(=O)C(C)OC(=O)Cc1coc2cc(C)c(C)cc12. The number of nitro benzene ring substituents is 1. The topological polar surface area (TPSA) is 121 Å². The smallest absolute Gasteiger partial charge is 0.311 e. The number of aryl methyl sites for hydroxylation is 2. The molecule has 162 valence electrons. The van der Waals surface area contributed by atoms with E-state index in [1.165, 1.54) is 38.5 Å². The van der Waals surface area contributed by atoms with E-state index < -0.39 is 22.9 Å². The van der Waals surface area contributed by atoms with E-state index in [9.17, 15) is 19.7 Å². The lowest BCUT2D eigenvalue weighted by molar-refractivity contribution is -0.384. The Labute approximate surface area is 178 Å². The van der Waals surface area contributed by atoms with Gasteiger partial charge < -0.3 is 19.2 Å². The summed E-state index contributed by atoms with van der Waals surface area (Å²) in [7, 11) is 1.37. The molecule has 0 radical (unpaired) electrons. The number of benzene rings is 2. The molecular formula is C22H22N2O7. The highest BCUT2D eigenvalue weighted by Gasteiger charge is 2.22. The summed E-state index contributed by atoms with van der Waals surface area (Å²) < 4.78 is 15.9. The molecule has 1 atom stereocenters. The Morgan fingerprint density at radius 3 is 2.58 bits per heavy atom. The summed E-state index contributed by atoms with van der Waals surface area (Å²) in [4.78, 5) is 35.2. The first-order valence-electron chi connectivity index (χ1n) is 9.49. The number of hydrogen-bond donors (Lipinski definition) is 1. The van der Waals surface area contributed by atoms with Gasteiger partial charge >= 0.3 is 5.97 Å². The van der Waals surface area contributed by atoms with Crippen LogP contribution in [0.3, 0.4) is 0 Å². The highest BCUT2D eigenvalue weighted by molar-refractivity contribution is 5.97. The van der Waals surface area contributed by atoms with Crippen molar-refractivity contribution < 1.29 is 28.4 Å². The van der Waals surface area contributed by atoms with Crippen molar-refractivity contribution in [2.45, 2.75) is 33.3 Å². The summed E-state index contributed by atoms with van der Waals surface area (Å²) in [6.07, 6.45) is 0.315. The Hall–Kier alpha value is -3.88. The van der Waals surface area contributed by atoms with Crippen molar-refractivity contribution in [3.63, 3.8) is 0 Å². The first-order chi connectivity index (χ1) is 14.7. The molecule has 0 aliphatic heterocycles. The zero-order chi connectivity index (χ0) is 22.7. The van der Waals surface area contributed by atoms with Crippen LogP contribution in [0.1, 0.15) is 23.6 Å². The number of esters is 1. The van der Waals surface area contributed by atoms with Gasteiger partial charge in [0, 0.05) is 23.1 Å². The van der Waals surface area contributed by atoms with Gasteiger partial charge in [0.1, 0.15) is 11.3 Å². The fraction of sp³-hybridized carbons (Fsp3) is 0.273. The molecular weight excluding hydrogens is 404 g/mol. The molecule has 9 heteroatoms. The Bertz CT molecular complexity index is 1170. The lowest BCUT2D eigenvalue weighted by Crippen LogP contribution is -2.30. The van der Waals surface area contributed by atoms with Gasteiger partial charge in [0.25, 0.3) is 11.6 Å². The summed E-state index contributed by atoms with van der Waals surface area (Å²) in [5.74, 6) is -1.00. The number of nitrogens with zero attached hydrogens (tertiary/aromatic N) is 1. The van der Waals surface area contributed by atoms with Crippen LogP contribution in [-0.2, 0) is 20.7 Å². The van der Waals surface area contributed by atoms with Crippen LogP contribution in [0.4, 0.5) is 11.4 Å². The number of furan rings is 1. The number of rotatable bonds is 7. The van der Waals surface area contributed by atoms with Crippen molar-refractivity contribution in [3.05, 3.63) is 63.4 Å². The molecule has 1 unspecified atom stereocenters. The van der Waals surface area contributed by atoms with Crippen LogP contribution in [-0.4, -0.2) is 30.0 Å². The maximum absolute atomic E-state index is 12.5. The number of carbonyl (C=O) groups excluding carboxylic acids is 2. The quantitative estimate of drug-likeness (QED) is 0.343. The van der Waals surface area contributed by atoms with Crippen LogP contribution in [0.25, 0.3) is 11.0 Å². The van der Waals surface area contributed by atoms with Crippen LogP contribution in [0.5, 0.6) is 5.75 Å². The molecule has 3 rings (SSSR count). The van der Waals surface area contributed by atoms with Crippen molar-refractivity contribution in [1.82, 2.24) is 0 Å². The third-order valence-corrected chi connectivity index (χ3v) is 4.93. The van der Waals surface area contributed by atoms with Gasteiger partial charge in [0.15, 0.2) is 6.10 Å². The van der Waals surface area contributed by atoms with Gasteiger partial charge in [0.05, 0.1) is 30.4 Å². The summed E-state index contributed by atoms with van der Waals surface area (Å²) in [6.45, 7) is 5.36. The van der Waals surface area contributed by atoms with Crippen molar-refractivity contribution in [2.24, 2.45) is 0 Å². The van der Waals surface area contributed by atoms with E-state index >= 15 is 0 Å². The van der Waals surface area contributed by atoms with E-state index in [2.05, 4.69) is 5.32 Å². The third kappa shape index (κ3) is 4.82. The Morgan fingerprint density at radius 1 is 1.19 bits per heavy atom. The van der Waals surface area contributed by atoms with Crippen LogP contribution in [0.15, 0.2) is 41.0 Å². The predicted molar refractivity (Wildman–Crippen MR) is 113 cm³/mol. The van der Waals surface area contributed by atoms with Crippen LogP contribution >= 0.6 is 0 Å². The summed E-state index contributed by atoms with van der Waals surface area (Å²) >= 11 is 0. The predicted octanol–water partition coefficient (Wildman–Crippen LogP) is 4.08. The van der Waals surface area contributed by atoms with E-state index in [4.69, 9.17) is 13.9 Å². The number of non-ortho nitro benzene ring substituents is 1. The maximum atomic E-state index is 12.5. The van der Waals surface area contributed by atoms with Gasteiger partial charge in [-0.2, -0.15) is 0 Å². The molecule has 2 aromatic carbocycles. The van der Waals surface area contributed by atoms with E-state index in [1.54, 1.807) is 0 Å². The zero-order valence-corrected chi connectivity index (χ0v) is 17.6. The molecule has 1 N–H and O–H groups in total. The van der Waals surface area contributed by atoms with E-state index in [0.29, 0.717) is 11.1 Å². The van der Waals surface area contributed by atoms with Gasteiger partial charge in [0.2, 0.25) is 0 Å². The number of methoxy groups -OCH3 is 1. The molecule has 0 fully saturated rings. The zero-order valence-electron chi connectivity index (χ0n) is 17.6. The molecule has 31 heavy (non-hydrogen) atoms. The molecule has 1 aromatic heterocycles. The molecule has 9 nitrogen and oxygen atoms in total. The van der Waals surface area contributed by atoms with E-state index in [1.807, 2.05) is 26.0 Å². The van der Waals surface area contributed by atoms with Gasteiger partial charge in [-0.3, -0.25) is 19.7 Å². The minimum Gasteiger partial charge on any atom is -0.495 e. The van der Waals surface area contributed by atoms with Gasteiger partial charge in [-0.1, -0.05) is 0 Å². The Kier molecular flexibility index (Phi) is 6.24. The average Bonchev–Trinajstić information content (AvgIpc) is 3.09. The lowest BCUT2D eigenvalue weighted by atomic mass is 10.0. The number of nitro groups is 1. The van der Waals surface area contributed by atoms with Crippen molar-refractivity contribution in [2.75, 3.05) is 12.4 Å². The van der Waals surface area contributed by atoms with E-state index in [-0.39, 0.29) is 23.5 Å². The molecule has 1 heterocycles. The molecule has 0 saturated heterocycles. The molecule has 0 aliphatic rings. The summed E-state index contributed by atoms with van der Waals surface area (Å²) in [6, 6.07) is 7.66. The van der Waals surface area contributed by atoms with Crippen molar-refractivity contribution in [1.29, 1.82) is 0 Å². The van der Waals surface area contributed by atoms with Crippen molar-refractivity contribution in [3.8, 4) is 5.75 Å². The lowest BCUT2D eigenvalue weighted by Gasteiger charge is -2.15. The van der Waals surface area contributed by atoms with E-state index in [0.717, 1.165) is 16.5 Å². The molecule has 0 bridgehead atoms. The molecule has 0 spiro atoms. The number of amides is 1. The molecule has 0 saturated carbocycles. The largest absolute Gasteiger partial charge is 0.495 e. The number of fused-ring (bicyclic) bond motifs is 1. The number of ether oxygens (including phenoxy) is 2. The minimum atomic E-state index is -1.13. The van der Waals surface area contributed by atoms with Crippen molar-refractivity contribution >= 4 is 34.2 Å². The van der Waals surface area contributed by atoms with Crippen LogP contribution < -0.4 is 10.1 Å².